The van der Waals surface area contributed by atoms with Gasteiger partial charge in [-0.25, -0.2) is 16.8 Å². The number of sulfone groups is 1. The molecule has 0 unspecified atom stereocenters. The molecule has 0 N–H and O–H groups in total. The third-order valence-corrected chi connectivity index (χ3v) is 5.82. The zero-order chi connectivity index (χ0) is 13.4. The normalized spacial score (nSPS) is 13.5. The second-order valence-corrected chi connectivity index (χ2v) is 9.30. The molecule has 0 rings (SSSR count). The highest BCUT2D eigenvalue weighted by Gasteiger charge is 2.08. The molecule has 0 aliphatic carbocycles. The number of allylic oxidation sites excluding steroid dienone is 1. The monoisotopic (exact) mass is 296 g/mol. The van der Waals surface area contributed by atoms with Crippen LogP contribution in [0, 0.1) is 0 Å². The third kappa shape index (κ3) is 9.20. The Morgan fingerprint density at radius 1 is 1.06 bits per heavy atom. The molecule has 0 saturated heterocycles. The minimum absolute atomic E-state index is 0.0576. The molecule has 0 aliphatic heterocycles. The van der Waals surface area contributed by atoms with Crippen molar-refractivity contribution in [3.8, 4) is 0 Å². The van der Waals surface area contributed by atoms with Crippen LogP contribution in [0.5, 0.6) is 0 Å². The minimum atomic E-state index is -3.25. The predicted molar refractivity (Wildman–Crippen MR) is 74.2 cm³/mol. The molecule has 7 heteroatoms. The van der Waals surface area contributed by atoms with Gasteiger partial charge in [-0.15, -0.1) is 6.58 Å². The first-order valence-electron chi connectivity index (χ1n) is 4.81. The highest BCUT2D eigenvalue weighted by atomic mass is 33.1. The van der Waals surface area contributed by atoms with Crippen LogP contribution in [0.1, 0.15) is 6.92 Å². The summed E-state index contributed by atoms with van der Waals surface area (Å²) in [4.78, 5) is 0. The van der Waals surface area contributed by atoms with Crippen LogP contribution < -0.4 is 0 Å². The van der Waals surface area contributed by atoms with E-state index in [1.54, 1.807) is 13.0 Å². The lowest BCUT2D eigenvalue weighted by Gasteiger charge is -1.96. The van der Waals surface area contributed by atoms with E-state index < -0.39 is 18.7 Å². The molecule has 0 amide bonds. The fourth-order valence-corrected chi connectivity index (χ4v) is 3.88. The molecule has 0 bridgehead atoms. The van der Waals surface area contributed by atoms with Gasteiger partial charge in [0, 0.05) is 0 Å². The van der Waals surface area contributed by atoms with E-state index in [1.807, 2.05) is 0 Å². The van der Waals surface area contributed by atoms with E-state index in [0.717, 1.165) is 0 Å². The molecule has 0 saturated carbocycles. The van der Waals surface area contributed by atoms with Crippen LogP contribution in [0.2, 0.25) is 0 Å². The summed E-state index contributed by atoms with van der Waals surface area (Å²) in [6.45, 7) is 5.07. The number of rotatable bonds is 8. The van der Waals surface area contributed by atoms with Crippen molar-refractivity contribution in [2.75, 3.05) is 17.3 Å². The molecule has 0 fully saturated rings. The number of hydrogen-bond acceptors (Lipinski definition) is 5. The summed E-state index contributed by atoms with van der Waals surface area (Å²) >= 11 is 0. The molecule has 0 radical (unpaired) electrons. The predicted octanol–water partition coefficient (Wildman–Crippen LogP) is 1.74. The molecule has 0 aliphatic rings. The lowest BCUT2D eigenvalue weighted by molar-refractivity contribution is 0.601. The average molecular weight is 296 g/mol. The van der Waals surface area contributed by atoms with Crippen LogP contribution >= 0.6 is 10.8 Å². The molecule has 98 valence electrons. The van der Waals surface area contributed by atoms with Gasteiger partial charge >= 0.3 is 0 Å². The van der Waals surface area contributed by atoms with E-state index in [0.29, 0.717) is 10.8 Å². The first-order valence-corrected chi connectivity index (χ1v) is 9.68. The van der Waals surface area contributed by atoms with Gasteiger partial charge in [0.15, 0.2) is 9.84 Å². The molecule has 0 heterocycles. The van der Waals surface area contributed by atoms with E-state index in [2.05, 4.69) is 6.58 Å². The second kappa shape index (κ2) is 7.73. The first kappa shape index (κ1) is 16.5. The molecule has 17 heavy (non-hydrogen) atoms. The summed E-state index contributed by atoms with van der Waals surface area (Å²) in [5, 5.41) is 1.29. The van der Waals surface area contributed by atoms with Gasteiger partial charge in [0.1, 0.15) is 0 Å². The maximum absolute atomic E-state index is 11.3. The van der Waals surface area contributed by atoms with E-state index in [1.165, 1.54) is 23.6 Å². The Morgan fingerprint density at radius 2 is 1.71 bits per heavy atom. The van der Waals surface area contributed by atoms with Crippen molar-refractivity contribution in [2.45, 2.75) is 6.92 Å². The quantitative estimate of drug-likeness (QED) is 0.504. The summed E-state index contributed by atoms with van der Waals surface area (Å²) < 4.78 is 45.1. The smallest absolute Gasteiger partial charge is 0.209 e. The largest absolute Gasteiger partial charge is 0.228 e. The van der Waals surface area contributed by atoms with E-state index >= 15 is 0 Å². The van der Waals surface area contributed by atoms with Gasteiger partial charge in [-0.2, -0.15) is 0 Å². The Labute approximate surface area is 107 Å². The second-order valence-electron chi connectivity index (χ2n) is 3.13. The zero-order valence-electron chi connectivity index (χ0n) is 9.57. The molecule has 0 aromatic rings. The molecular formula is C10H16O4S3. The van der Waals surface area contributed by atoms with Gasteiger partial charge in [0.25, 0.3) is 0 Å². The summed E-state index contributed by atoms with van der Waals surface area (Å²) in [5.41, 5.74) is 0. The average Bonchev–Trinajstić information content (AvgIpc) is 2.22. The van der Waals surface area contributed by atoms with Crippen molar-refractivity contribution in [3.63, 3.8) is 0 Å². The minimum Gasteiger partial charge on any atom is -0.228 e. The van der Waals surface area contributed by atoms with Gasteiger partial charge in [0.05, 0.1) is 17.3 Å². The Hall–Kier alpha value is -0.530. The van der Waals surface area contributed by atoms with Crippen molar-refractivity contribution in [1.29, 1.82) is 0 Å². The van der Waals surface area contributed by atoms with E-state index in [4.69, 9.17) is 0 Å². The maximum Gasteiger partial charge on any atom is 0.209 e. The lowest BCUT2D eigenvalue weighted by atomic mass is 10.6. The first-order chi connectivity index (χ1) is 7.83. The third-order valence-electron chi connectivity index (χ3n) is 1.56. The fraction of sp³-hybridized carbons (Fsp3) is 0.400. The van der Waals surface area contributed by atoms with Crippen LogP contribution in [0.25, 0.3) is 0 Å². The molecule has 0 spiro atoms. The molecular weight excluding hydrogens is 280 g/mol. The Kier molecular flexibility index (Phi) is 7.49. The molecule has 0 aromatic carbocycles. The Bertz CT molecular complexity index is 484. The van der Waals surface area contributed by atoms with Crippen LogP contribution in [0.4, 0.5) is 0 Å². The molecule has 0 atom stereocenters. The van der Waals surface area contributed by atoms with E-state index in [9.17, 15) is 16.8 Å². The maximum atomic E-state index is 11.3. The zero-order valence-corrected chi connectivity index (χ0v) is 12.0. The fourth-order valence-electron chi connectivity index (χ4n) is 0.811. The summed E-state index contributed by atoms with van der Waals surface area (Å²) in [6.07, 6.45) is 5.82. The summed E-state index contributed by atoms with van der Waals surface area (Å²) in [5.74, 6) is -0.337. The van der Waals surface area contributed by atoms with Crippen LogP contribution in [0.15, 0.2) is 36.3 Å². The van der Waals surface area contributed by atoms with Crippen LogP contribution in [0.3, 0.4) is 0 Å². The van der Waals surface area contributed by atoms with E-state index in [-0.39, 0.29) is 17.3 Å². The van der Waals surface area contributed by atoms with Crippen molar-refractivity contribution in [2.24, 2.45) is 0 Å². The van der Waals surface area contributed by atoms with Crippen LogP contribution in [-0.4, -0.2) is 34.1 Å². The number of hydrogen-bond donors (Lipinski definition) is 0. The van der Waals surface area contributed by atoms with Gasteiger partial charge < -0.3 is 0 Å². The van der Waals surface area contributed by atoms with Crippen molar-refractivity contribution < 1.29 is 16.8 Å². The lowest BCUT2D eigenvalue weighted by Crippen LogP contribution is -2.06. The van der Waals surface area contributed by atoms with Crippen LogP contribution in [-0.2, 0) is 18.7 Å². The summed E-state index contributed by atoms with van der Waals surface area (Å²) in [7, 11) is -5.81. The van der Waals surface area contributed by atoms with Crippen molar-refractivity contribution >= 4 is 29.5 Å². The molecule has 4 nitrogen and oxygen atoms in total. The highest BCUT2D eigenvalue weighted by molar-refractivity contribution is 8.73. The highest BCUT2D eigenvalue weighted by Crippen LogP contribution is 2.14. The topological polar surface area (TPSA) is 68.3 Å². The van der Waals surface area contributed by atoms with Gasteiger partial charge in [0.2, 0.25) is 8.87 Å². The summed E-state index contributed by atoms with van der Waals surface area (Å²) in [6, 6.07) is 0. The van der Waals surface area contributed by atoms with Crippen molar-refractivity contribution in [1.82, 2.24) is 0 Å². The van der Waals surface area contributed by atoms with Crippen molar-refractivity contribution in [3.05, 3.63) is 36.3 Å². The van der Waals surface area contributed by atoms with Gasteiger partial charge in [-0.05, 0) is 23.1 Å². The molecule has 0 aromatic heterocycles. The SMILES string of the molecule is C=CCS(=O)(=O)C/C=C\SS(=O)(=O)C/C=C/C. The standard InChI is InChI=1S/C10H16O4S3/c1-3-5-10-17(13,14)15-7-6-9-16(11,12)8-4-2/h3-7H,2,8-10H2,1H3/b5-3+,7-6-. The Morgan fingerprint density at radius 3 is 2.24 bits per heavy atom. The van der Waals surface area contributed by atoms with Gasteiger partial charge in [-0.3, -0.25) is 0 Å². The Balaban J connectivity index is 4.26. The van der Waals surface area contributed by atoms with Gasteiger partial charge in [-0.1, -0.05) is 24.3 Å².